The van der Waals surface area contributed by atoms with Crippen molar-refractivity contribution in [1.82, 2.24) is 25.4 Å². The van der Waals surface area contributed by atoms with E-state index in [0.717, 1.165) is 31.8 Å². The molecule has 0 aliphatic carbocycles. The number of hydrogen-bond acceptors (Lipinski definition) is 15. The van der Waals surface area contributed by atoms with Crippen molar-refractivity contribution in [3.8, 4) is 5.75 Å². The van der Waals surface area contributed by atoms with Gasteiger partial charge >= 0.3 is 17.9 Å². The van der Waals surface area contributed by atoms with Gasteiger partial charge < -0.3 is 54.4 Å². The molecular formula is C41H56N8O10S. The van der Waals surface area contributed by atoms with E-state index >= 15 is 0 Å². The molecule has 1 atom stereocenters. The topological polar surface area (TPSA) is 226 Å². The second-order valence-corrected chi connectivity index (χ2v) is 15.1. The highest BCUT2D eigenvalue weighted by molar-refractivity contribution is 7.79. The number of morpholine rings is 1. The molecule has 0 bridgehead atoms. The fraction of sp³-hybridized carbons (Fsp3) is 0.488. The average Bonchev–Trinajstić information content (AvgIpc) is 3.68. The minimum Gasteiger partial charge on any atom is -0.471 e. The molecule has 3 heterocycles. The Morgan fingerprint density at radius 2 is 1.78 bits per heavy atom. The molecule has 2 amide bonds. The summed E-state index contributed by atoms with van der Waals surface area (Å²) in [7, 11) is 0. The van der Waals surface area contributed by atoms with E-state index in [0.29, 0.717) is 66.6 Å². The number of benzene rings is 1. The fourth-order valence-electron chi connectivity index (χ4n) is 6.23. The van der Waals surface area contributed by atoms with Crippen LogP contribution >= 0.6 is 12.8 Å². The maximum atomic E-state index is 13.1. The number of thiol groups is 1. The first kappa shape index (κ1) is 47.2. The molecule has 4 rings (SSSR count). The molecule has 0 saturated carbocycles. The standard InChI is InChI=1S/C41H56N8O10S/c1-8-48(9-2)15-14-43-40(54)36-25(3)32(45-26(36)4)21-30-29-20-27(10-11-31(29)46-39(30)53)58-35(52)24-56-33(50)12-13-34(51)59-28(22-44-41(5,6)7)23-57-37(42)38(47-60)49-16-18-55-19-17-49/h10-13,20-21,28,42,44-45,60H,8-9,14-19,22-24H2,1-7H3,(H,43,54)(H,46,53)/b13-12+,30-21-,42-37?,47-38+/t28-/m0/s1. The Bertz CT molecular complexity index is 1990. The summed E-state index contributed by atoms with van der Waals surface area (Å²) in [5.41, 5.74) is 3.32. The number of carbonyl (C=O) groups is 5. The van der Waals surface area contributed by atoms with E-state index in [9.17, 15) is 24.0 Å². The Morgan fingerprint density at radius 3 is 2.45 bits per heavy atom. The molecule has 18 nitrogen and oxygen atoms in total. The smallest absolute Gasteiger partial charge is 0.349 e. The number of nitrogens with zero attached hydrogens (tertiary/aromatic N) is 3. The number of ether oxygens (including phenoxy) is 5. The monoisotopic (exact) mass is 852 g/mol. The maximum Gasteiger partial charge on any atom is 0.349 e. The second-order valence-electron chi connectivity index (χ2n) is 14.9. The lowest BCUT2D eigenvalue weighted by atomic mass is 10.0. The number of amidine groups is 1. The Morgan fingerprint density at radius 1 is 1.08 bits per heavy atom. The van der Waals surface area contributed by atoms with Crippen LogP contribution in [-0.4, -0.2) is 140 Å². The first-order valence-electron chi connectivity index (χ1n) is 19.7. The Labute approximate surface area is 355 Å². The van der Waals surface area contributed by atoms with E-state index in [-0.39, 0.29) is 53.6 Å². The van der Waals surface area contributed by atoms with Crippen LogP contribution in [0.15, 0.2) is 34.7 Å². The zero-order chi connectivity index (χ0) is 44.0. The van der Waals surface area contributed by atoms with E-state index in [1.165, 1.54) is 12.1 Å². The van der Waals surface area contributed by atoms with Gasteiger partial charge in [0.2, 0.25) is 0 Å². The van der Waals surface area contributed by atoms with Gasteiger partial charge in [-0.2, -0.15) is 4.40 Å². The van der Waals surface area contributed by atoms with Crippen LogP contribution in [0.2, 0.25) is 0 Å². The molecule has 19 heteroatoms. The molecule has 0 radical (unpaired) electrons. The van der Waals surface area contributed by atoms with Gasteiger partial charge in [0.05, 0.1) is 24.4 Å². The van der Waals surface area contributed by atoms with Crippen molar-refractivity contribution in [2.24, 2.45) is 4.40 Å². The quantitative estimate of drug-likeness (QED) is 0.0337. The number of fused-ring (bicyclic) bond motifs is 1. The summed E-state index contributed by atoms with van der Waals surface area (Å²) in [5.74, 6) is -3.34. The number of anilines is 1. The number of nitrogens with one attached hydrogen (secondary N) is 5. The highest BCUT2D eigenvalue weighted by atomic mass is 32.1. The lowest BCUT2D eigenvalue weighted by Gasteiger charge is -2.30. The molecule has 2 aliphatic heterocycles. The second kappa shape index (κ2) is 22.2. The molecule has 326 valence electrons. The van der Waals surface area contributed by atoms with Gasteiger partial charge in [0.15, 0.2) is 12.4 Å². The van der Waals surface area contributed by atoms with E-state index in [1.807, 2.05) is 20.8 Å². The largest absolute Gasteiger partial charge is 0.471 e. The van der Waals surface area contributed by atoms with Crippen LogP contribution in [-0.2, 0) is 38.1 Å². The molecule has 1 saturated heterocycles. The highest BCUT2D eigenvalue weighted by Crippen LogP contribution is 2.36. The molecule has 60 heavy (non-hydrogen) atoms. The van der Waals surface area contributed by atoms with Crippen LogP contribution in [0.5, 0.6) is 5.75 Å². The molecular weight excluding hydrogens is 797 g/mol. The number of aromatic nitrogens is 1. The molecule has 2 aliphatic rings. The van der Waals surface area contributed by atoms with E-state index in [2.05, 4.69) is 56.9 Å². The van der Waals surface area contributed by atoms with Crippen LogP contribution in [0.25, 0.3) is 11.6 Å². The molecule has 0 spiro atoms. The van der Waals surface area contributed by atoms with Crippen LogP contribution in [0, 0.1) is 19.3 Å². The van der Waals surface area contributed by atoms with Gasteiger partial charge in [-0.05, 0) is 90.4 Å². The van der Waals surface area contributed by atoms with Crippen molar-refractivity contribution in [3.05, 3.63) is 58.4 Å². The van der Waals surface area contributed by atoms with E-state index in [1.54, 1.807) is 30.9 Å². The predicted molar refractivity (Wildman–Crippen MR) is 229 cm³/mol. The van der Waals surface area contributed by atoms with E-state index in [4.69, 9.17) is 29.1 Å². The SMILES string of the molecule is CCN(CC)CCNC(=O)c1c(C)[nH]c(/C=C2\C(=O)Nc3ccc(OC(=O)COC(=O)/C=C/C(=O)O[C@@H](CNC(C)(C)C)COC(=N)/C(=N\S)N4CCOCC4)cc32)c1C. The van der Waals surface area contributed by atoms with Crippen molar-refractivity contribution in [3.63, 3.8) is 0 Å². The fourth-order valence-corrected chi connectivity index (χ4v) is 6.45. The number of rotatable bonds is 17. The molecule has 1 aromatic carbocycles. The van der Waals surface area contributed by atoms with Gasteiger partial charge in [-0.15, -0.1) is 0 Å². The van der Waals surface area contributed by atoms with Crippen molar-refractivity contribution in [2.75, 3.05) is 77.6 Å². The lowest BCUT2D eigenvalue weighted by Crippen LogP contribution is -2.46. The van der Waals surface area contributed by atoms with Crippen LogP contribution in [0.4, 0.5) is 5.69 Å². The molecule has 0 unspecified atom stereocenters. The van der Waals surface area contributed by atoms with Gasteiger partial charge in [0.1, 0.15) is 18.5 Å². The Kier molecular flexibility index (Phi) is 17.5. The van der Waals surface area contributed by atoms with Gasteiger partial charge in [-0.3, -0.25) is 15.0 Å². The van der Waals surface area contributed by atoms with Gasteiger partial charge in [-0.25, -0.2) is 14.4 Å². The highest BCUT2D eigenvalue weighted by Gasteiger charge is 2.28. The third-order valence-electron chi connectivity index (χ3n) is 9.46. The van der Waals surface area contributed by atoms with Crippen LogP contribution in [0.1, 0.15) is 67.5 Å². The summed E-state index contributed by atoms with van der Waals surface area (Å²) in [6.07, 6.45) is 2.45. The van der Waals surface area contributed by atoms with Crippen LogP contribution < -0.4 is 20.7 Å². The van der Waals surface area contributed by atoms with Crippen molar-refractivity contribution >= 4 is 71.6 Å². The first-order valence-corrected chi connectivity index (χ1v) is 20.1. The number of amides is 2. The van der Waals surface area contributed by atoms with Crippen molar-refractivity contribution < 1.29 is 47.7 Å². The molecule has 5 N–H and O–H groups in total. The van der Waals surface area contributed by atoms with Gasteiger partial charge in [0.25, 0.3) is 17.7 Å². The zero-order valence-corrected chi connectivity index (χ0v) is 36.1. The minimum absolute atomic E-state index is 0.0897. The minimum atomic E-state index is -1.01. The number of aromatic amines is 1. The third-order valence-corrected chi connectivity index (χ3v) is 9.65. The molecule has 2 aromatic rings. The lowest BCUT2D eigenvalue weighted by molar-refractivity contribution is -0.150. The summed E-state index contributed by atoms with van der Waals surface area (Å²) >= 11 is 3.98. The Balaban J connectivity index is 1.32. The third kappa shape index (κ3) is 13.8. The Hall–Kier alpha value is -5.50. The zero-order valence-electron chi connectivity index (χ0n) is 35.2. The summed E-state index contributed by atoms with van der Waals surface area (Å²) < 4.78 is 30.7. The first-order chi connectivity index (χ1) is 28.5. The molecule has 1 aromatic heterocycles. The van der Waals surface area contributed by atoms with Gasteiger partial charge in [-0.1, -0.05) is 13.8 Å². The van der Waals surface area contributed by atoms with Crippen molar-refractivity contribution in [2.45, 2.75) is 60.1 Å². The number of likely N-dealkylation sites (N-methyl/N-ethyl adjacent to an activating group) is 1. The van der Waals surface area contributed by atoms with Crippen molar-refractivity contribution in [1.29, 1.82) is 5.41 Å². The summed E-state index contributed by atoms with van der Waals surface area (Å²) in [6.45, 7) is 17.7. The maximum absolute atomic E-state index is 13.1. The summed E-state index contributed by atoms with van der Waals surface area (Å²) in [6, 6.07) is 4.56. The number of aryl methyl sites for hydroxylation is 1. The number of hydrogen-bond donors (Lipinski definition) is 6. The van der Waals surface area contributed by atoms with Gasteiger partial charge in [0, 0.05) is 73.1 Å². The normalized spacial score (nSPS) is 15.5. The summed E-state index contributed by atoms with van der Waals surface area (Å²) in [5, 5.41) is 17.3. The molecule has 1 fully saturated rings. The number of carbonyl (C=O) groups excluding carboxylic acids is 5. The predicted octanol–water partition coefficient (Wildman–Crippen LogP) is 3.07. The number of H-pyrrole nitrogens is 1. The number of esters is 3. The average molecular weight is 853 g/mol. The summed E-state index contributed by atoms with van der Waals surface area (Å²) in [4.78, 5) is 71.1. The van der Waals surface area contributed by atoms with E-state index < -0.39 is 30.6 Å². The van der Waals surface area contributed by atoms with Crippen LogP contribution in [0.3, 0.4) is 0 Å².